The van der Waals surface area contributed by atoms with Gasteiger partial charge in [-0.1, -0.05) is 18.2 Å². The minimum absolute atomic E-state index is 0.156. The second-order valence-corrected chi connectivity index (χ2v) is 5.12. The number of nitriles is 1. The van der Waals surface area contributed by atoms with E-state index in [0.29, 0.717) is 11.1 Å². The Kier molecular flexibility index (Phi) is 3.26. The van der Waals surface area contributed by atoms with Crippen LogP contribution < -0.4 is 0 Å². The molecular formula is C15H8N2O3S. The number of rotatable bonds is 3. The average Bonchev–Trinajstić information content (AvgIpc) is 3.16. The van der Waals surface area contributed by atoms with E-state index in [1.54, 1.807) is 30.3 Å². The second kappa shape index (κ2) is 5.23. The molecule has 0 fully saturated rings. The molecule has 0 aliphatic heterocycles. The second-order valence-electron chi connectivity index (χ2n) is 4.17. The molecule has 3 rings (SSSR count). The fourth-order valence-electron chi connectivity index (χ4n) is 1.90. The van der Waals surface area contributed by atoms with Crippen LogP contribution in [0.1, 0.15) is 16.1 Å². The number of hydrogen-bond donors (Lipinski definition) is 1. The molecule has 21 heavy (non-hydrogen) atoms. The molecule has 0 aliphatic rings. The zero-order valence-corrected chi connectivity index (χ0v) is 11.4. The normalized spacial score (nSPS) is 10.2. The van der Waals surface area contributed by atoms with Crippen LogP contribution in [-0.2, 0) is 0 Å². The summed E-state index contributed by atoms with van der Waals surface area (Å²) in [5.41, 5.74) is 0.785. The van der Waals surface area contributed by atoms with Crippen molar-refractivity contribution in [2.75, 3.05) is 0 Å². The number of hydrogen-bond acceptors (Lipinski definition) is 5. The van der Waals surface area contributed by atoms with Crippen LogP contribution in [0.25, 0.3) is 22.1 Å². The SMILES string of the molecule is N#Cc1cccc(-c2oc(-c3cccs3)nc2C(=O)O)c1. The van der Waals surface area contributed by atoms with Gasteiger partial charge in [-0.25, -0.2) is 9.78 Å². The van der Waals surface area contributed by atoms with E-state index in [1.165, 1.54) is 11.3 Å². The average molecular weight is 296 g/mol. The van der Waals surface area contributed by atoms with Gasteiger partial charge in [0.05, 0.1) is 16.5 Å². The Morgan fingerprint density at radius 3 is 2.86 bits per heavy atom. The summed E-state index contributed by atoms with van der Waals surface area (Å²) in [6, 6.07) is 12.2. The zero-order valence-electron chi connectivity index (χ0n) is 10.6. The van der Waals surface area contributed by atoms with Gasteiger partial charge in [-0.3, -0.25) is 0 Å². The number of carboxylic acids is 1. The molecule has 2 heterocycles. The first-order chi connectivity index (χ1) is 10.2. The highest BCUT2D eigenvalue weighted by atomic mass is 32.1. The fraction of sp³-hybridized carbons (Fsp3) is 0. The number of benzene rings is 1. The molecule has 1 N–H and O–H groups in total. The summed E-state index contributed by atoms with van der Waals surface area (Å²) >= 11 is 1.41. The highest BCUT2D eigenvalue weighted by Crippen LogP contribution is 2.32. The van der Waals surface area contributed by atoms with Crippen LogP contribution in [0.5, 0.6) is 0 Å². The number of carbonyl (C=O) groups is 1. The molecule has 0 saturated carbocycles. The standard InChI is InChI=1S/C15H8N2O3S/c16-8-9-3-1-4-10(7-9)13-12(15(18)19)17-14(20-13)11-5-2-6-21-11/h1-7H,(H,18,19). The van der Waals surface area contributed by atoms with E-state index in [-0.39, 0.29) is 17.3 Å². The molecular weight excluding hydrogens is 288 g/mol. The molecule has 6 heteroatoms. The number of aromatic nitrogens is 1. The maximum atomic E-state index is 11.3. The maximum Gasteiger partial charge on any atom is 0.358 e. The van der Waals surface area contributed by atoms with Gasteiger partial charge in [-0.05, 0) is 23.6 Å². The molecule has 0 radical (unpaired) electrons. The summed E-state index contributed by atoms with van der Waals surface area (Å²) in [5, 5.41) is 20.1. The van der Waals surface area contributed by atoms with Crippen molar-refractivity contribution in [2.24, 2.45) is 0 Å². The first kappa shape index (κ1) is 13.1. The lowest BCUT2D eigenvalue weighted by molar-refractivity contribution is 0.0691. The summed E-state index contributed by atoms with van der Waals surface area (Å²) in [6.45, 7) is 0. The number of nitrogens with zero attached hydrogens (tertiary/aromatic N) is 2. The van der Waals surface area contributed by atoms with Crippen LogP contribution in [0.15, 0.2) is 46.2 Å². The molecule has 0 bridgehead atoms. The van der Waals surface area contributed by atoms with E-state index < -0.39 is 5.97 Å². The molecule has 0 amide bonds. The first-order valence-electron chi connectivity index (χ1n) is 5.97. The predicted octanol–water partition coefficient (Wildman–Crippen LogP) is 3.64. The molecule has 5 nitrogen and oxygen atoms in total. The third-order valence-electron chi connectivity index (χ3n) is 2.82. The Bertz CT molecular complexity index is 844. The third-order valence-corrected chi connectivity index (χ3v) is 3.67. The summed E-state index contributed by atoms with van der Waals surface area (Å²) in [5.74, 6) is -0.748. The van der Waals surface area contributed by atoms with Crippen LogP contribution in [0.3, 0.4) is 0 Å². The smallest absolute Gasteiger partial charge is 0.358 e. The van der Waals surface area contributed by atoms with Gasteiger partial charge in [-0.2, -0.15) is 5.26 Å². The largest absolute Gasteiger partial charge is 0.476 e. The van der Waals surface area contributed by atoms with E-state index in [9.17, 15) is 9.90 Å². The minimum Gasteiger partial charge on any atom is -0.476 e. The Morgan fingerprint density at radius 2 is 2.19 bits per heavy atom. The molecule has 2 aromatic heterocycles. The summed E-state index contributed by atoms with van der Waals surface area (Å²) in [6.07, 6.45) is 0. The minimum atomic E-state index is -1.17. The summed E-state index contributed by atoms with van der Waals surface area (Å²) in [4.78, 5) is 16.1. The molecule has 0 aliphatic carbocycles. The molecule has 1 aromatic carbocycles. The van der Waals surface area contributed by atoms with E-state index in [1.807, 2.05) is 17.5 Å². The molecule has 3 aromatic rings. The highest BCUT2D eigenvalue weighted by molar-refractivity contribution is 7.13. The number of carboxylic acid groups (broad SMARTS) is 1. The van der Waals surface area contributed by atoms with Crippen LogP contribution in [0, 0.1) is 11.3 Å². The lowest BCUT2D eigenvalue weighted by Crippen LogP contribution is -1.98. The lowest BCUT2D eigenvalue weighted by Gasteiger charge is -1.98. The Balaban J connectivity index is 2.17. The zero-order chi connectivity index (χ0) is 14.8. The topological polar surface area (TPSA) is 87.1 Å². The molecule has 0 saturated heterocycles. The van der Waals surface area contributed by atoms with Gasteiger partial charge in [0, 0.05) is 5.56 Å². The summed E-state index contributed by atoms with van der Waals surface area (Å²) in [7, 11) is 0. The predicted molar refractivity (Wildman–Crippen MR) is 76.9 cm³/mol. The van der Waals surface area contributed by atoms with Crippen molar-refractivity contribution in [2.45, 2.75) is 0 Å². The maximum absolute atomic E-state index is 11.3. The van der Waals surface area contributed by atoms with Crippen molar-refractivity contribution in [3.63, 3.8) is 0 Å². The molecule has 0 atom stereocenters. The van der Waals surface area contributed by atoms with Crippen molar-refractivity contribution < 1.29 is 14.3 Å². The fourth-order valence-corrected chi connectivity index (χ4v) is 2.55. The first-order valence-corrected chi connectivity index (χ1v) is 6.85. The number of aromatic carboxylic acids is 1. The Morgan fingerprint density at radius 1 is 1.33 bits per heavy atom. The van der Waals surface area contributed by atoms with Gasteiger partial charge in [0.25, 0.3) is 0 Å². The number of thiophene rings is 1. The molecule has 0 spiro atoms. The summed E-state index contributed by atoms with van der Waals surface area (Å²) < 4.78 is 5.62. The van der Waals surface area contributed by atoms with Crippen LogP contribution >= 0.6 is 11.3 Å². The number of oxazole rings is 1. The van der Waals surface area contributed by atoms with Gasteiger partial charge < -0.3 is 9.52 Å². The van der Waals surface area contributed by atoms with E-state index in [2.05, 4.69) is 4.98 Å². The van der Waals surface area contributed by atoms with Crippen molar-refractivity contribution in [1.82, 2.24) is 4.98 Å². The van der Waals surface area contributed by atoms with Crippen LogP contribution in [-0.4, -0.2) is 16.1 Å². The van der Waals surface area contributed by atoms with Crippen molar-refractivity contribution >= 4 is 17.3 Å². The van der Waals surface area contributed by atoms with Gasteiger partial charge >= 0.3 is 5.97 Å². The Labute approximate surface area is 123 Å². The van der Waals surface area contributed by atoms with Gasteiger partial charge in [0.1, 0.15) is 0 Å². The van der Waals surface area contributed by atoms with Gasteiger partial charge in [0.15, 0.2) is 11.5 Å². The third kappa shape index (κ3) is 2.42. The molecule has 0 unspecified atom stereocenters. The van der Waals surface area contributed by atoms with Crippen LogP contribution in [0.4, 0.5) is 0 Å². The van der Waals surface area contributed by atoms with Crippen molar-refractivity contribution in [1.29, 1.82) is 5.26 Å². The van der Waals surface area contributed by atoms with Gasteiger partial charge in [0.2, 0.25) is 5.89 Å². The molecule has 102 valence electrons. The van der Waals surface area contributed by atoms with E-state index >= 15 is 0 Å². The monoisotopic (exact) mass is 296 g/mol. The van der Waals surface area contributed by atoms with Crippen molar-refractivity contribution in [3.8, 4) is 28.2 Å². The van der Waals surface area contributed by atoms with E-state index in [4.69, 9.17) is 9.68 Å². The Hall–Kier alpha value is -2.91. The van der Waals surface area contributed by atoms with Gasteiger partial charge in [-0.15, -0.1) is 11.3 Å². The highest BCUT2D eigenvalue weighted by Gasteiger charge is 2.22. The van der Waals surface area contributed by atoms with Crippen molar-refractivity contribution in [3.05, 3.63) is 53.0 Å². The van der Waals surface area contributed by atoms with E-state index in [0.717, 1.165) is 4.88 Å². The van der Waals surface area contributed by atoms with Crippen LogP contribution in [0.2, 0.25) is 0 Å². The lowest BCUT2D eigenvalue weighted by atomic mass is 10.1. The quantitative estimate of drug-likeness (QED) is 0.797.